The van der Waals surface area contributed by atoms with E-state index in [4.69, 9.17) is 12.2 Å². The van der Waals surface area contributed by atoms with Crippen LogP contribution in [0.25, 0.3) is 6.08 Å². The van der Waals surface area contributed by atoms with Gasteiger partial charge in [-0.1, -0.05) is 36.5 Å². The molecular weight excluding hydrogens is 366 g/mol. The fourth-order valence-electron chi connectivity index (χ4n) is 3.74. The average molecular weight is 383 g/mol. The highest BCUT2D eigenvalue weighted by Gasteiger charge is 2.46. The SMILES string of the molecule is N#C[C@@H]1CSCN1C(=O)[C@H]1NCC(=S)C1C(=O)C1=Cc2ccccc2C1. The van der Waals surface area contributed by atoms with E-state index < -0.39 is 18.0 Å². The van der Waals surface area contributed by atoms with Crippen LogP contribution in [0.4, 0.5) is 0 Å². The second-order valence-corrected chi connectivity index (χ2v) is 8.19. The molecule has 3 atom stereocenters. The summed E-state index contributed by atoms with van der Waals surface area (Å²) in [5, 5.41) is 12.4. The minimum Gasteiger partial charge on any atom is -0.315 e. The predicted molar refractivity (Wildman–Crippen MR) is 105 cm³/mol. The number of rotatable bonds is 3. The summed E-state index contributed by atoms with van der Waals surface area (Å²) in [7, 11) is 0. The standard InChI is InChI=1S/C19H17N3O2S2/c20-7-14-9-26-10-22(14)19(24)17-16(15(25)8-21-17)18(23)13-5-11-3-1-2-4-12(11)6-13/h1-5,14,16-17,21H,6,8-10H2/t14-,16?,17+/m1/s1. The van der Waals surface area contributed by atoms with Crippen molar-refractivity contribution in [3.05, 3.63) is 41.0 Å². The maximum Gasteiger partial charge on any atom is 0.242 e. The number of allylic oxidation sites excluding steroid dienone is 1. The Balaban J connectivity index is 1.57. The van der Waals surface area contributed by atoms with Gasteiger partial charge >= 0.3 is 0 Å². The first-order valence-electron chi connectivity index (χ1n) is 8.47. The van der Waals surface area contributed by atoms with Gasteiger partial charge in [-0.3, -0.25) is 9.59 Å². The number of thiocarbonyl (C=S) groups is 1. The van der Waals surface area contributed by atoms with Crippen LogP contribution in [0.15, 0.2) is 29.8 Å². The van der Waals surface area contributed by atoms with E-state index in [9.17, 15) is 14.9 Å². The molecule has 1 N–H and O–H groups in total. The van der Waals surface area contributed by atoms with Crippen molar-refractivity contribution in [3.63, 3.8) is 0 Å². The molecule has 0 saturated carbocycles. The molecule has 0 bridgehead atoms. The first kappa shape index (κ1) is 17.4. The van der Waals surface area contributed by atoms with Crippen LogP contribution in [0.3, 0.4) is 0 Å². The van der Waals surface area contributed by atoms with Gasteiger partial charge in [0.05, 0.1) is 17.9 Å². The highest BCUT2D eigenvalue weighted by molar-refractivity contribution is 7.99. The van der Waals surface area contributed by atoms with E-state index in [1.165, 1.54) is 0 Å². The topological polar surface area (TPSA) is 73.2 Å². The molecule has 0 aromatic heterocycles. The zero-order valence-electron chi connectivity index (χ0n) is 14.0. The number of benzene rings is 1. The van der Waals surface area contributed by atoms with Gasteiger partial charge in [-0.05, 0) is 17.2 Å². The molecule has 1 amide bonds. The summed E-state index contributed by atoms with van der Waals surface area (Å²) in [6.07, 6.45) is 2.49. The summed E-state index contributed by atoms with van der Waals surface area (Å²) >= 11 is 6.97. The number of amides is 1. The minimum absolute atomic E-state index is 0.0742. The maximum absolute atomic E-state index is 13.2. The summed E-state index contributed by atoms with van der Waals surface area (Å²) in [4.78, 5) is 28.3. The summed E-state index contributed by atoms with van der Waals surface area (Å²) in [5.41, 5.74) is 2.87. The molecule has 2 aliphatic heterocycles. The van der Waals surface area contributed by atoms with Gasteiger partial charge in [0.1, 0.15) is 12.1 Å². The van der Waals surface area contributed by atoms with Crippen molar-refractivity contribution in [2.45, 2.75) is 18.5 Å². The molecule has 2 heterocycles. The Morgan fingerprint density at radius 2 is 2.15 bits per heavy atom. The molecule has 3 aliphatic rings. The number of carbonyl (C=O) groups excluding carboxylic acids is 2. The molecule has 7 heteroatoms. The van der Waals surface area contributed by atoms with E-state index in [2.05, 4.69) is 11.4 Å². The van der Waals surface area contributed by atoms with Crippen LogP contribution in [0.2, 0.25) is 0 Å². The van der Waals surface area contributed by atoms with Crippen LogP contribution in [0.1, 0.15) is 11.1 Å². The Hall–Kier alpha value is -2.01. The molecule has 1 aromatic carbocycles. The molecule has 2 saturated heterocycles. The van der Waals surface area contributed by atoms with Crippen LogP contribution in [-0.4, -0.2) is 51.7 Å². The van der Waals surface area contributed by atoms with Crippen molar-refractivity contribution in [3.8, 4) is 6.07 Å². The number of hydrogen-bond acceptors (Lipinski definition) is 6. The highest BCUT2D eigenvalue weighted by atomic mass is 32.2. The van der Waals surface area contributed by atoms with E-state index >= 15 is 0 Å². The molecule has 132 valence electrons. The minimum atomic E-state index is -0.672. The quantitative estimate of drug-likeness (QED) is 0.799. The number of carbonyl (C=O) groups is 2. The molecule has 5 nitrogen and oxygen atoms in total. The molecule has 1 aromatic rings. The van der Waals surface area contributed by atoms with Gasteiger partial charge < -0.3 is 10.2 Å². The van der Waals surface area contributed by atoms with Crippen molar-refractivity contribution < 1.29 is 9.59 Å². The number of thioether (sulfide) groups is 1. The van der Waals surface area contributed by atoms with E-state index in [1.807, 2.05) is 30.3 Å². The third-order valence-corrected chi connectivity index (χ3v) is 6.53. The lowest BCUT2D eigenvalue weighted by Crippen LogP contribution is -2.50. The first-order valence-corrected chi connectivity index (χ1v) is 10.0. The maximum atomic E-state index is 13.2. The molecule has 0 spiro atoms. The largest absolute Gasteiger partial charge is 0.315 e. The van der Waals surface area contributed by atoms with Crippen LogP contribution in [0, 0.1) is 17.2 Å². The van der Waals surface area contributed by atoms with Gasteiger partial charge in [0.25, 0.3) is 0 Å². The van der Waals surface area contributed by atoms with Crippen molar-refractivity contribution in [2.75, 3.05) is 18.2 Å². The monoisotopic (exact) mass is 383 g/mol. The fourth-order valence-corrected chi connectivity index (χ4v) is 5.15. The Labute approximate surface area is 161 Å². The zero-order valence-corrected chi connectivity index (χ0v) is 15.6. The highest BCUT2D eigenvalue weighted by Crippen LogP contribution is 2.31. The number of nitriles is 1. The second-order valence-electron chi connectivity index (χ2n) is 6.66. The molecule has 4 rings (SSSR count). The number of ketones is 1. The Bertz CT molecular complexity index is 874. The van der Waals surface area contributed by atoms with Crippen LogP contribution in [-0.2, 0) is 16.0 Å². The second kappa shape index (κ2) is 6.95. The molecule has 1 unspecified atom stereocenters. The van der Waals surface area contributed by atoms with Gasteiger partial charge in [0.15, 0.2) is 5.78 Å². The molecule has 2 fully saturated rings. The summed E-state index contributed by atoms with van der Waals surface area (Å²) < 4.78 is 0. The smallest absolute Gasteiger partial charge is 0.242 e. The van der Waals surface area contributed by atoms with Crippen molar-refractivity contribution in [2.24, 2.45) is 5.92 Å². The first-order chi connectivity index (χ1) is 12.6. The predicted octanol–water partition coefficient (Wildman–Crippen LogP) is 1.58. The van der Waals surface area contributed by atoms with Gasteiger partial charge in [-0.2, -0.15) is 5.26 Å². The molecule has 1 aliphatic carbocycles. The summed E-state index contributed by atoms with van der Waals surface area (Å²) in [6, 6.07) is 8.97. The molecule has 0 radical (unpaired) electrons. The summed E-state index contributed by atoms with van der Waals surface area (Å²) in [5.74, 6) is 0.184. The van der Waals surface area contributed by atoms with Gasteiger partial charge in [0.2, 0.25) is 5.91 Å². The van der Waals surface area contributed by atoms with Crippen LogP contribution < -0.4 is 5.32 Å². The Morgan fingerprint density at radius 3 is 2.92 bits per heavy atom. The lowest BCUT2D eigenvalue weighted by Gasteiger charge is -2.25. The van der Waals surface area contributed by atoms with Crippen LogP contribution in [0.5, 0.6) is 0 Å². The number of fused-ring (bicyclic) bond motifs is 1. The third-order valence-electron chi connectivity index (χ3n) is 5.12. The molecule has 26 heavy (non-hydrogen) atoms. The number of Topliss-reactive ketones (excluding diaryl/α,β-unsaturated/α-hetero) is 1. The number of nitrogens with one attached hydrogen (secondary N) is 1. The van der Waals surface area contributed by atoms with Crippen molar-refractivity contribution >= 4 is 46.6 Å². The fraction of sp³-hybridized carbons (Fsp3) is 0.368. The van der Waals surface area contributed by atoms with E-state index in [1.54, 1.807) is 16.7 Å². The Kier molecular flexibility index (Phi) is 4.65. The lowest BCUT2D eigenvalue weighted by atomic mass is 9.89. The third kappa shape index (κ3) is 2.88. The normalized spacial score (nSPS) is 27.2. The van der Waals surface area contributed by atoms with E-state index in [0.29, 0.717) is 35.0 Å². The lowest BCUT2D eigenvalue weighted by molar-refractivity contribution is -0.135. The van der Waals surface area contributed by atoms with Crippen molar-refractivity contribution in [1.29, 1.82) is 5.26 Å². The van der Waals surface area contributed by atoms with E-state index in [-0.39, 0.29) is 11.7 Å². The average Bonchev–Trinajstić information content (AvgIpc) is 3.37. The Morgan fingerprint density at radius 1 is 1.35 bits per heavy atom. The number of nitrogens with zero attached hydrogens (tertiary/aromatic N) is 2. The van der Waals surface area contributed by atoms with Gasteiger partial charge in [0, 0.05) is 29.2 Å². The van der Waals surface area contributed by atoms with E-state index in [0.717, 1.165) is 11.1 Å². The summed E-state index contributed by atoms with van der Waals surface area (Å²) in [6.45, 7) is 0.376. The molecular formula is C19H17N3O2S2. The van der Waals surface area contributed by atoms with Gasteiger partial charge in [-0.15, -0.1) is 11.8 Å². The zero-order chi connectivity index (χ0) is 18.3. The number of hydrogen-bond donors (Lipinski definition) is 1. The van der Waals surface area contributed by atoms with Crippen molar-refractivity contribution in [1.82, 2.24) is 10.2 Å². The van der Waals surface area contributed by atoms with Gasteiger partial charge in [-0.25, -0.2) is 0 Å². The van der Waals surface area contributed by atoms with Crippen LogP contribution >= 0.6 is 24.0 Å².